The Morgan fingerprint density at radius 2 is 2.50 bits per heavy atom. The number of aliphatic hydroxyl groups is 1. The summed E-state index contributed by atoms with van der Waals surface area (Å²) in [5, 5.41) is 9.26. The van der Waals surface area contributed by atoms with Crippen molar-refractivity contribution in [3.8, 4) is 0 Å². The fourth-order valence-corrected chi connectivity index (χ4v) is 2.44. The summed E-state index contributed by atoms with van der Waals surface area (Å²) < 4.78 is 12.6. The summed E-state index contributed by atoms with van der Waals surface area (Å²) in [4.78, 5) is 22.2. The van der Waals surface area contributed by atoms with Crippen LogP contribution in [0.1, 0.15) is 12.6 Å². The largest absolute Gasteiger partial charge is 0.394 e. The van der Waals surface area contributed by atoms with Gasteiger partial charge in [0.1, 0.15) is 12.3 Å². The standard InChI is InChI=1S/C11H15N5O4/c1-19-5-2-7(20-6(5)3-17)16-4-13-8-9(16)14-11(12)15-10(8)18/h4-7,17H,2-3H2,1H3,(H3,12,14,15,18). The predicted octanol–water partition coefficient (Wildman–Crippen LogP) is -1.00. The summed E-state index contributed by atoms with van der Waals surface area (Å²) in [5.74, 6) is 0.0178. The molecule has 0 amide bonds. The summed E-state index contributed by atoms with van der Waals surface area (Å²) in [6.45, 7) is -0.141. The Hall–Kier alpha value is -1.97. The molecule has 2 aromatic rings. The molecular weight excluding hydrogens is 266 g/mol. The van der Waals surface area contributed by atoms with Crippen molar-refractivity contribution in [3.63, 3.8) is 0 Å². The molecule has 2 aromatic heterocycles. The zero-order valence-electron chi connectivity index (χ0n) is 10.8. The number of H-pyrrole nitrogens is 1. The molecule has 20 heavy (non-hydrogen) atoms. The maximum absolute atomic E-state index is 11.7. The van der Waals surface area contributed by atoms with E-state index in [0.29, 0.717) is 12.1 Å². The van der Waals surface area contributed by atoms with Crippen molar-refractivity contribution in [1.82, 2.24) is 19.5 Å². The van der Waals surface area contributed by atoms with Gasteiger partial charge in [-0.15, -0.1) is 0 Å². The van der Waals surface area contributed by atoms with Crippen LogP contribution in [-0.2, 0) is 9.47 Å². The van der Waals surface area contributed by atoms with Crippen LogP contribution in [0.4, 0.5) is 5.95 Å². The smallest absolute Gasteiger partial charge is 0.280 e. The van der Waals surface area contributed by atoms with Crippen molar-refractivity contribution < 1.29 is 14.6 Å². The third kappa shape index (κ3) is 1.96. The molecule has 0 saturated carbocycles. The zero-order chi connectivity index (χ0) is 14.3. The fourth-order valence-electron chi connectivity index (χ4n) is 2.44. The number of imidazole rings is 1. The Labute approximate surface area is 113 Å². The lowest BCUT2D eigenvalue weighted by molar-refractivity contribution is -0.0512. The third-order valence-corrected chi connectivity index (χ3v) is 3.42. The van der Waals surface area contributed by atoms with Crippen LogP contribution < -0.4 is 11.3 Å². The molecule has 9 heteroatoms. The van der Waals surface area contributed by atoms with Crippen molar-refractivity contribution in [1.29, 1.82) is 0 Å². The Balaban J connectivity index is 2.01. The van der Waals surface area contributed by atoms with Gasteiger partial charge in [0.05, 0.1) is 19.0 Å². The van der Waals surface area contributed by atoms with Gasteiger partial charge >= 0.3 is 0 Å². The van der Waals surface area contributed by atoms with Gasteiger partial charge in [0, 0.05) is 13.5 Å². The normalized spacial score (nSPS) is 26.4. The molecular formula is C11H15N5O4. The summed E-state index contributed by atoms with van der Waals surface area (Å²) in [7, 11) is 1.56. The van der Waals surface area contributed by atoms with Crippen molar-refractivity contribution in [2.24, 2.45) is 0 Å². The monoisotopic (exact) mass is 281 g/mol. The second kappa shape index (κ2) is 4.85. The number of hydrogen-bond donors (Lipinski definition) is 3. The molecule has 4 N–H and O–H groups in total. The Morgan fingerprint density at radius 3 is 3.15 bits per heavy atom. The molecule has 108 valence electrons. The van der Waals surface area contributed by atoms with Crippen molar-refractivity contribution in [3.05, 3.63) is 16.7 Å². The SMILES string of the molecule is COC1CC(n2cnc3c(=O)[nH]c(N)nc32)OC1CO. The van der Waals surface area contributed by atoms with Gasteiger partial charge in [-0.1, -0.05) is 0 Å². The quantitative estimate of drug-likeness (QED) is 0.658. The van der Waals surface area contributed by atoms with E-state index in [1.807, 2.05) is 0 Å². The molecule has 9 nitrogen and oxygen atoms in total. The summed E-state index contributed by atoms with van der Waals surface area (Å²) in [5.41, 5.74) is 5.70. The number of ether oxygens (including phenoxy) is 2. The van der Waals surface area contributed by atoms with Crippen molar-refractivity contribution in [2.45, 2.75) is 24.9 Å². The van der Waals surface area contributed by atoms with Gasteiger partial charge < -0.3 is 20.3 Å². The molecule has 3 unspecified atom stereocenters. The first kappa shape index (κ1) is 13.0. The average molecular weight is 281 g/mol. The van der Waals surface area contributed by atoms with Crippen LogP contribution in [0.15, 0.2) is 11.1 Å². The molecule has 3 rings (SSSR count). The lowest BCUT2D eigenvalue weighted by Crippen LogP contribution is -2.26. The van der Waals surface area contributed by atoms with Crippen LogP contribution in [0, 0.1) is 0 Å². The molecule has 0 aromatic carbocycles. The van der Waals surface area contributed by atoms with E-state index in [-0.39, 0.29) is 24.2 Å². The Kier molecular flexibility index (Phi) is 3.16. The van der Waals surface area contributed by atoms with Crippen LogP contribution in [0.3, 0.4) is 0 Å². The molecule has 0 aliphatic carbocycles. The van der Waals surface area contributed by atoms with Gasteiger partial charge in [0.15, 0.2) is 11.2 Å². The Morgan fingerprint density at radius 1 is 1.70 bits per heavy atom. The molecule has 1 fully saturated rings. The number of aliphatic hydroxyl groups excluding tert-OH is 1. The topological polar surface area (TPSA) is 128 Å². The first-order valence-corrected chi connectivity index (χ1v) is 6.15. The predicted molar refractivity (Wildman–Crippen MR) is 69.0 cm³/mol. The molecule has 3 heterocycles. The second-order valence-corrected chi connectivity index (χ2v) is 4.60. The number of hydrogen-bond acceptors (Lipinski definition) is 7. The highest BCUT2D eigenvalue weighted by atomic mass is 16.6. The van der Waals surface area contributed by atoms with E-state index >= 15 is 0 Å². The van der Waals surface area contributed by atoms with E-state index in [1.54, 1.807) is 11.7 Å². The molecule has 3 atom stereocenters. The minimum absolute atomic E-state index is 0.0178. The summed E-state index contributed by atoms with van der Waals surface area (Å²) in [6, 6.07) is 0. The maximum Gasteiger partial charge on any atom is 0.280 e. The van der Waals surface area contributed by atoms with Crippen molar-refractivity contribution >= 4 is 17.1 Å². The van der Waals surface area contributed by atoms with Crippen LogP contribution in [-0.4, -0.2) is 50.6 Å². The number of fused-ring (bicyclic) bond motifs is 1. The summed E-state index contributed by atoms with van der Waals surface area (Å²) in [6.07, 6.45) is 0.963. The minimum Gasteiger partial charge on any atom is -0.394 e. The van der Waals surface area contributed by atoms with E-state index < -0.39 is 17.9 Å². The number of aromatic amines is 1. The fraction of sp³-hybridized carbons (Fsp3) is 0.545. The number of nitrogen functional groups attached to an aromatic ring is 1. The van der Waals surface area contributed by atoms with E-state index in [1.165, 1.54) is 6.33 Å². The highest BCUT2D eigenvalue weighted by molar-refractivity contribution is 5.70. The summed E-state index contributed by atoms with van der Waals surface area (Å²) >= 11 is 0. The molecule has 1 aliphatic rings. The molecule has 1 saturated heterocycles. The maximum atomic E-state index is 11.7. The first-order chi connectivity index (χ1) is 9.63. The van der Waals surface area contributed by atoms with Gasteiger partial charge in [-0.05, 0) is 0 Å². The zero-order valence-corrected chi connectivity index (χ0v) is 10.8. The van der Waals surface area contributed by atoms with E-state index in [0.717, 1.165) is 0 Å². The molecule has 1 aliphatic heterocycles. The molecule has 0 radical (unpaired) electrons. The second-order valence-electron chi connectivity index (χ2n) is 4.60. The van der Waals surface area contributed by atoms with Gasteiger partial charge in [-0.2, -0.15) is 4.98 Å². The van der Waals surface area contributed by atoms with E-state index in [9.17, 15) is 9.90 Å². The minimum atomic E-state index is -0.415. The van der Waals surface area contributed by atoms with Gasteiger partial charge in [-0.3, -0.25) is 14.3 Å². The van der Waals surface area contributed by atoms with E-state index in [4.69, 9.17) is 15.2 Å². The first-order valence-electron chi connectivity index (χ1n) is 6.15. The van der Waals surface area contributed by atoms with Crippen LogP contribution in [0.2, 0.25) is 0 Å². The highest BCUT2D eigenvalue weighted by Crippen LogP contribution is 2.31. The third-order valence-electron chi connectivity index (χ3n) is 3.42. The Bertz CT molecular complexity index is 669. The number of nitrogens with zero attached hydrogens (tertiary/aromatic N) is 3. The number of nitrogens with one attached hydrogen (secondary N) is 1. The van der Waals surface area contributed by atoms with E-state index in [2.05, 4.69) is 15.0 Å². The van der Waals surface area contributed by atoms with Gasteiger partial charge in [0.25, 0.3) is 5.56 Å². The van der Waals surface area contributed by atoms with Crippen LogP contribution in [0.25, 0.3) is 11.2 Å². The number of nitrogens with two attached hydrogens (primary N) is 1. The average Bonchev–Trinajstić information content (AvgIpc) is 3.01. The lowest BCUT2D eigenvalue weighted by Gasteiger charge is -2.14. The van der Waals surface area contributed by atoms with Gasteiger partial charge in [-0.25, -0.2) is 4.98 Å². The molecule has 0 bridgehead atoms. The van der Waals surface area contributed by atoms with Crippen LogP contribution in [0.5, 0.6) is 0 Å². The highest BCUT2D eigenvalue weighted by Gasteiger charge is 2.36. The lowest BCUT2D eigenvalue weighted by atomic mass is 10.2. The molecule has 0 spiro atoms. The number of aromatic nitrogens is 4. The van der Waals surface area contributed by atoms with Crippen LogP contribution >= 0.6 is 0 Å². The number of rotatable bonds is 3. The van der Waals surface area contributed by atoms with Crippen molar-refractivity contribution in [2.75, 3.05) is 19.5 Å². The number of anilines is 1. The number of methoxy groups -OCH3 is 1. The van der Waals surface area contributed by atoms with Gasteiger partial charge in [0.2, 0.25) is 5.95 Å².